The predicted molar refractivity (Wildman–Crippen MR) is 96.7 cm³/mol. The molecule has 3 heterocycles. The van der Waals surface area contributed by atoms with Gasteiger partial charge >= 0.3 is 5.97 Å². The SMILES string of the molecule is COC(=O)c1sccc1S(=O)(=O)N1CCCC(Oc2ccc(OC)nn2)C1. The van der Waals surface area contributed by atoms with Crippen molar-refractivity contribution in [3.8, 4) is 11.8 Å². The van der Waals surface area contributed by atoms with Crippen LogP contribution in [0.25, 0.3) is 0 Å². The standard InChI is InChI=1S/C16H19N3O6S2/c1-23-13-5-6-14(18-17-13)25-11-4-3-8-19(10-11)27(21,22)12-7-9-26-15(12)16(20)24-2/h5-7,9,11H,3-4,8,10H2,1-2H3. The quantitative estimate of drug-likeness (QED) is 0.657. The Labute approximate surface area is 160 Å². The molecule has 0 aromatic carbocycles. The number of methoxy groups -OCH3 is 2. The van der Waals surface area contributed by atoms with Crippen LogP contribution in [0.5, 0.6) is 11.8 Å². The Morgan fingerprint density at radius 3 is 2.63 bits per heavy atom. The third-order valence-electron chi connectivity index (χ3n) is 4.07. The molecule has 1 fully saturated rings. The van der Waals surface area contributed by atoms with E-state index in [1.54, 1.807) is 17.5 Å². The number of aromatic nitrogens is 2. The van der Waals surface area contributed by atoms with E-state index in [4.69, 9.17) is 9.47 Å². The lowest BCUT2D eigenvalue weighted by Crippen LogP contribution is -2.44. The van der Waals surface area contributed by atoms with E-state index in [0.29, 0.717) is 31.1 Å². The van der Waals surface area contributed by atoms with Gasteiger partial charge in [-0.3, -0.25) is 0 Å². The highest BCUT2D eigenvalue weighted by atomic mass is 32.2. The number of nitrogens with zero attached hydrogens (tertiary/aromatic N) is 3. The van der Waals surface area contributed by atoms with Crippen molar-refractivity contribution in [3.05, 3.63) is 28.5 Å². The second-order valence-corrected chi connectivity index (χ2v) is 8.59. The summed E-state index contributed by atoms with van der Waals surface area (Å²) in [5.41, 5.74) is 0. The molecule has 2 aromatic heterocycles. The number of ether oxygens (including phenoxy) is 3. The summed E-state index contributed by atoms with van der Waals surface area (Å²) in [6, 6.07) is 4.66. The van der Waals surface area contributed by atoms with Gasteiger partial charge in [-0.2, -0.15) is 4.31 Å². The van der Waals surface area contributed by atoms with Crippen LogP contribution in [0, 0.1) is 0 Å². The fraction of sp³-hybridized carbons (Fsp3) is 0.438. The summed E-state index contributed by atoms with van der Waals surface area (Å²) in [6.45, 7) is 0.513. The minimum atomic E-state index is -3.83. The number of hydrogen-bond donors (Lipinski definition) is 0. The van der Waals surface area contributed by atoms with Crippen LogP contribution in [-0.4, -0.2) is 62.3 Å². The molecule has 1 aliphatic rings. The number of hydrogen-bond acceptors (Lipinski definition) is 9. The molecule has 27 heavy (non-hydrogen) atoms. The first-order valence-corrected chi connectivity index (χ1v) is 10.5. The molecule has 0 saturated carbocycles. The minimum Gasteiger partial charge on any atom is -0.480 e. The van der Waals surface area contributed by atoms with E-state index in [-0.39, 0.29) is 22.4 Å². The summed E-state index contributed by atoms with van der Waals surface area (Å²) in [4.78, 5) is 11.9. The lowest BCUT2D eigenvalue weighted by molar-refractivity contribution is 0.0602. The molecule has 0 spiro atoms. The minimum absolute atomic E-state index is 0.0377. The fourth-order valence-electron chi connectivity index (χ4n) is 2.75. The predicted octanol–water partition coefficient (Wildman–Crippen LogP) is 1.57. The highest BCUT2D eigenvalue weighted by molar-refractivity contribution is 7.89. The lowest BCUT2D eigenvalue weighted by atomic mass is 10.1. The van der Waals surface area contributed by atoms with Crippen molar-refractivity contribution in [2.75, 3.05) is 27.3 Å². The van der Waals surface area contributed by atoms with Gasteiger partial charge in [0.2, 0.25) is 21.8 Å². The first-order chi connectivity index (χ1) is 13.0. The Morgan fingerprint density at radius 2 is 1.96 bits per heavy atom. The number of rotatable bonds is 6. The van der Waals surface area contributed by atoms with Crippen LogP contribution in [0.4, 0.5) is 0 Å². The Kier molecular flexibility index (Phi) is 5.92. The topological polar surface area (TPSA) is 108 Å². The third kappa shape index (κ3) is 4.20. The van der Waals surface area contributed by atoms with Gasteiger partial charge in [0.15, 0.2) is 0 Å². The molecule has 11 heteroatoms. The second kappa shape index (κ2) is 8.19. The molecular weight excluding hydrogens is 394 g/mol. The molecule has 0 aliphatic carbocycles. The van der Waals surface area contributed by atoms with Crippen molar-refractivity contribution in [1.29, 1.82) is 0 Å². The average Bonchev–Trinajstić information content (AvgIpc) is 3.19. The van der Waals surface area contributed by atoms with Crippen LogP contribution in [0.15, 0.2) is 28.5 Å². The average molecular weight is 413 g/mol. The molecule has 1 aliphatic heterocycles. The molecule has 0 amide bonds. The summed E-state index contributed by atoms with van der Waals surface area (Å²) in [5, 5.41) is 9.30. The summed E-state index contributed by atoms with van der Waals surface area (Å²) in [7, 11) is -1.12. The monoisotopic (exact) mass is 413 g/mol. The lowest BCUT2D eigenvalue weighted by Gasteiger charge is -2.31. The summed E-state index contributed by atoms with van der Waals surface area (Å²) in [5.74, 6) is -0.00396. The normalized spacial score (nSPS) is 18.1. The van der Waals surface area contributed by atoms with E-state index in [9.17, 15) is 13.2 Å². The fourth-order valence-corrected chi connectivity index (χ4v) is 5.57. The molecule has 2 aromatic rings. The zero-order valence-corrected chi connectivity index (χ0v) is 16.5. The van der Waals surface area contributed by atoms with E-state index < -0.39 is 16.0 Å². The first kappa shape index (κ1) is 19.5. The van der Waals surface area contributed by atoms with Crippen molar-refractivity contribution >= 4 is 27.3 Å². The van der Waals surface area contributed by atoms with Crippen LogP contribution in [0.2, 0.25) is 0 Å². The van der Waals surface area contributed by atoms with Crippen molar-refractivity contribution in [1.82, 2.24) is 14.5 Å². The highest BCUT2D eigenvalue weighted by Crippen LogP contribution is 2.28. The third-order valence-corrected chi connectivity index (χ3v) is 7.00. The van der Waals surface area contributed by atoms with Gasteiger partial charge in [0.25, 0.3) is 0 Å². The maximum Gasteiger partial charge on any atom is 0.349 e. The highest BCUT2D eigenvalue weighted by Gasteiger charge is 2.34. The molecule has 3 rings (SSSR count). The number of carbonyl (C=O) groups is 1. The molecule has 1 saturated heterocycles. The van der Waals surface area contributed by atoms with E-state index in [1.807, 2.05) is 0 Å². The molecule has 146 valence electrons. The molecule has 1 atom stereocenters. The van der Waals surface area contributed by atoms with Crippen LogP contribution in [0.1, 0.15) is 22.5 Å². The Hall–Kier alpha value is -2.24. The molecule has 0 N–H and O–H groups in total. The van der Waals surface area contributed by atoms with Crippen molar-refractivity contribution in [2.24, 2.45) is 0 Å². The van der Waals surface area contributed by atoms with E-state index in [2.05, 4.69) is 14.9 Å². The number of esters is 1. The zero-order chi connectivity index (χ0) is 19.4. The van der Waals surface area contributed by atoms with Gasteiger partial charge < -0.3 is 14.2 Å². The van der Waals surface area contributed by atoms with Gasteiger partial charge in [-0.1, -0.05) is 0 Å². The Bertz CT molecular complexity index is 897. The summed E-state index contributed by atoms with van der Waals surface area (Å²) < 4.78 is 42.7. The smallest absolute Gasteiger partial charge is 0.349 e. The number of thiophene rings is 1. The van der Waals surface area contributed by atoms with Crippen molar-refractivity contribution in [3.63, 3.8) is 0 Å². The molecular formula is C16H19N3O6S2. The molecule has 1 unspecified atom stereocenters. The van der Waals surface area contributed by atoms with Crippen LogP contribution in [0.3, 0.4) is 0 Å². The maximum absolute atomic E-state index is 13.0. The van der Waals surface area contributed by atoms with E-state index in [1.165, 1.54) is 24.6 Å². The van der Waals surface area contributed by atoms with Crippen LogP contribution < -0.4 is 9.47 Å². The molecule has 0 radical (unpaired) electrons. The first-order valence-electron chi connectivity index (χ1n) is 8.16. The van der Waals surface area contributed by atoms with Crippen LogP contribution in [-0.2, 0) is 14.8 Å². The number of carbonyl (C=O) groups excluding carboxylic acids is 1. The van der Waals surface area contributed by atoms with Gasteiger partial charge in [0.1, 0.15) is 15.9 Å². The number of sulfonamides is 1. The van der Waals surface area contributed by atoms with Gasteiger partial charge in [0.05, 0.1) is 20.8 Å². The van der Waals surface area contributed by atoms with Crippen molar-refractivity contribution < 1.29 is 27.4 Å². The Morgan fingerprint density at radius 1 is 1.22 bits per heavy atom. The molecule has 0 bridgehead atoms. The maximum atomic E-state index is 13.0. The summed E-state index contributed by atoms with van der Waals surface area (Å²) >= 11 is 1.04. The van der Waals surface area contributed by atoms with E-state index in [0.717, 1.165) is 11.3 Å². The van der Waals surface area contributed by atoms with Gasteiger partial charge in [-0.25, -0.2) is 13.2 Å². The molecule has 9 nitrogen and oxygen atoms in total. The van der Waals surface area contributed by atoms with Gasteiger partial charge in [-0.15, -0.1) is 21.5 Å². The van der Waals surface area contributed by atoms with Gasteiger partial charge in [0, 0.05) is 18.7 Å². The van der Waals surface area contributed by atoms with E-state index >= 15 is 0 Å². The number of piperidine rings is 1. The summed E-state index contributed by atoms with van der Waals surface area (Å²) in [6.07, 6.45) is 0.953. The van der Waals surface area contributed by atoms with Crippen LogP contribution >= 0.6 is 11.3 Å². The largest absolute Gasteiger partial charge is 0.480 e. The second-order valence-electron chi connectivity index (χ2n) is 5.76. The van der Waals surface area contributed by atoms with Crippen molar-refractivity contribution in [2.45, 2.75) is 23.8 Å². The Balaban J connectivity index is 1.75. The zero-order valence-electron chi connectivity index (χ0n) is 14.8. The van der Waals surface area contributed by atoms with Gasteiger partial charge in [-0.05, 0) is 24.3 Å².